The number of benzene rings is 2. The zero-order valence-electron chi connectivity index (χ0n) is 26.0. The molecule has 5 N–H and O–H groups in total. The minimum absolute atomic E-state index is 0. The number of rotatable bonds is 16. The second-order valence-corrected chi connectivity index (χ2v) is 11.7. The Morgan fingerprint density at radius 3 is 2.32 bits per heavy atom. The zero-order chi connectivity index (χ0) is 30.4. The first-order chi connectivity index (χ1) is 20.9. The van der Waals surface area contributed by atoms with Crippen LogP contribution in [0.25, 0.3) is 11.1 Å². The number of guanidine groups is 1. The number of nitrogens with one attached hydrogen (secondary N) is 1. The summed E-state index contributed by atoms with van der Waals surface area (Å²) < 4.78 is 14.0. The number of hydrogen-bond donors (Lipinski definition) is 3. The fourth-order valence-electron chi connectivity index (χ4n) is 5.35. The van der Waals surface area contributed by atoms with Crippen LogP contribution in [0.3, 0.4) is 0 Å². The summed E-state index contributed by atoms with van der Waals surface area (Å²) in [5, 5.41) is 11.8. The first-order valence-corrected chi connectivity index (χ1v) is 15.6. The number of ether oxygens (including phenoxy) is 2. The van der Waals surface area contributed by atoms with Gasteiger partial charge in [-0.1, -0.05) is 74.7 Å². The molecule has 3 aromatic rings. The highest BCUT2D eigenvalue weighted by Crippen LogP contribution is 2.36. The molecule has 44 heavy (non-hydrogen) atoms. The van der Waals surface area contributed by atoms with E-state index >= 15 is 0 Å². The van der Waals surface area contributed by atoms with Gasteiger partial charge in [0.2, 0.25) is 5.91 Å². The Morgan fingerprint density at radius 1 is 1.00 bits per heavy atom. The standard InChI is InChI=1S/C33H47N7O3.ClH/c1-24(2)18-20-42-30-16-8-6-13-27(30)28-14-7-9-17-31(28)43-23-26-22-40(39-38-26)29(15-10-19-36-33(34)35)32(41)37-21-25-11-4-3-5-12-25;/h6-9,13-14,16-17,22,24-25,29H,3-5,10-12,15,18-21,23H2,1-2H3,(H,37,41)(H4,34,35,36);1H/t29-;/m1./s1. The number of para-hydroxylation sites is 2. The minimum Gasteiger partial charge on any atom is -0.493 e. The van der Waals surface area contributed by atoms with Gasteiger partial charge in [0.15, 0.2) is 5.96 Å². The van der Waals surface area contributed by atoms with Crippen LogP contribution in [0.5, 0.6) is 11.5 Å². The molecule has 0 unspecified atom stereocenters. The molecule has 1 atom stereocenters. The molecule has 0 aliphatic heterocycles. The van der Waals surface area contributed by atoms with Gasteiger partial charge in [0.05, 0.1) is 12.8 Å². The molecule has 1 fully saturated rings. The highest BCUT2D eigenvalue weighted by molar-refractivity contribution is 5.85. The van der Waals surface area contributed by atoms with Crippen molar-refractivity contribution in [2.45, 2.75) is 77.9 Å². The second-order valence-electron chi connectivity index (χ2n) is 11.7. The lowest BCUT2D eigenvalue weighted by Crippen LogP contribution is -2.36. The minimum atomic E-state index is -0.513. The van der Waals surface area contributed by atoms with Crippen molar-refractivity contribution in [1.82, 2.24) is 20.3 Å². The van der Waals surface area contributed by atoms with E-state index in [2.05, 4.69) is 34.5 Å². The van der Waals surface area contributed by atoms with Gasteiger partial charge in [-0.2, -0.15) is 0 Å². The Kier molecular flexibility index (Phi) is 14.3. The Morgan fingerprint density at radius 2 is 1.66 bits per heavy atom. The summed E-state index contributed by atoms with van der Waals surface area (Å²) in [7, 11) is 0. The number of carbonyl (C=O) groups excluding carboxylic acids is 1. The molecule has 2 aromatic carbocycles. The number of aromatic nitrogens is 3. The fourth-order valence-corrected chi connectivity index (χ4v) is 5.35. The smallest absolute Gasteiger partial charge is 0.244 e. The van der Waals surface area contributed by atoms with Crippen LogP contribution in [0, 0.1) is 11.8 Å². The number of carbonyl (C=O) groups is 1. The molecule has 0 saturated heterocycles. The van der Waals surface area contributed by atoms with Gasteiger partial charge in [0.25, 0.3) is 0 Å². The maximum absolute atomic E-state index is 13.3. The van der Waals surface area contributed by atoms with E-state index in [-0.39, 0.29) is 30.9 Å². The average Bonchev–Trinajstić information content (AvgIpc) is 3.48. The summed E-state index contributed by atoms with van der Waals surface area (Å²) in [5.41, 5.74) is 13.5. The Labute approximate surface area is 267 Å². The van der Waals surface area contributed by atoms with Crippen molar-refractivity contribution in [3.8, 4) is 22.6 Å². The van der Waals surface area contributed by atoms with E-state index in [4.69, 9.17) is 20.9 Å². The number of halogens is 1. The van der Waals surface area contributed by atoms with Crippen LogP contribution < -0.4 is 26.3 Å². The van der Waals surface area contributed by atoms with E-state index in [1.165, 1.54) is 19.3 Å². The van der Waals surface area contributed by atoms with Crippen molar-refractivity contribution in [3.05, 3.63) is 60.4 Å². The zero-order valence-corrected chi connectivity index (χ0v) is 26.8. The summed E-state index contributed by atoms with van der Waals surface area (Å²) in [6.07, 6.45) is 10.0. The van der Waals surface area contributed by atoms with Crippen LogP contribution in [0.1, 0.15) is 76.9 Å². The van der Waals surface area contributed by atoms with Crippen LogP contribution in [0.2, 0.25) is 0 Å². The lowest BCUT2D eigenvalue weighted by molar-refractivity contribution is -0.125. The summed E-state index contributed by atoms with van der Waals surface area (Å²) in [5.74, 6) is 2.63. The molecule has 1 saturated carbocycles. The molecule has 1 aromatic heterocycles. The molecule has 1 aliphatic rings. The fraction of sp³-hybridized carbons (Fsp3) is 0.515. The van der Waals surface area contributed by atoms with Gasteiger partial charge in [-0.15, -0.1) is 17.5 Å². The number of amides is 1. The van der Waals surface area contributed by atoms with Gasteiger partial charge in [-0.25, -0.2) is 4.68 Å². The SMILES string of the molecule is CC(C)CCOc1ccccc1-c1ccccc1OCc1cn([C@H](CCCN=C(N)N)C(=O)NCC2CCCCC2)nn1.Cl. The Hall–Kier alpha value is -3.79. The van der Waals surface area contributed by atoms with Gasteiger partial charge < -0.3 is 26.3 Å². The number of nitrogens with two attached hydrogens (primary N) is 2. The van der Waals surface area contributed by atoms with Crippen LogP contribution in [-0.2, 0) is 11.4 Å². The third kappa shape index (κ3) is 10.7. The maximum Gasteiger partial charge on any atom is 0.244 e. The molecular formula is C33H48ClN7O3. The topological polar surface area (TPSA) is 143 Å². The van der Waals surface area contributed by atoms with Crippen molar-refractivity contribution >= 4 is 24.3 Å². The normalized spacial score (nSPS) is 14.0. The van der Waals surface area contributed by atoms with Crippen molar-refractivity contribution < 1.29 is 14.3 Å². The van der Waals surface area contributed by atoms with Crippen molar-refractivity contribution in [2.24, 2.45) is 28.3 Å². The molecule has 10 nitrogen and oxygen atoms in total. The third-order valence-electron chi connectivity index (χ3n) is 7.79. The molecule has 0 spiro atoms. The van der Waals surface area contributed by atoms with Gasteiger partial charge in [-0.3, -0.25) is 9.79 Å². The average molecular weight is 626 g/mol. The van der Waals surface area contributed by atoms with Gasteiger partial charge in [0, 0.05) is 24.2 Å². The van der Waals surface area contributed by atoms with Gasteiger partial charge >= 0.3 is 0 Å². The van der Waals surface area contributed by atoms with Crippen LogP contribution in [0.15, 0.2) is 59.7 Å². The number of nitrogens with zero attached hydrogens (tertiary/aromatic N) is 4. The molecular weight excluding hydrogens is 578 g/mol. The number of aliphatic imine (C=N–C) groups is 1. The molecule has 240 valence electrons. The quantitative estimate of drug-likeness (QED) is 0.106. The monoisotopic (exact) mass is 625 g/mol. The summed E-state index contributed by atoms with van der Waals surface area (Å²) in [4.78, 5) is 17.4. The molecule has 11 heteroatoms. The van der Waals surface area contributed by atoms with Crippen LogP contribution in [0.4, 0.5) is 0 Å². The van der Waals surface area contributed by atoms with E-state index < -0.39 is 6.04 Å². The van der Waals surface area contributed by atoms with E-state index in [1.807, 2.05) is 48.5 Å². The largest absolute Gasteiger partial charge is 0.493 e. The van der Waals surface area contributed by atoms with E-state index in [9.17, 15) is 4.79 Å². The Balaban J connectivity index is 0.00000529. The van der Waals surface area contributed by atoms with Crippen LogP contribution in [-0.4, -0.2) is 46.6 Å². The van der Waals surface area contributed by atoms with Gasteiger partial charge in [0.1, 0.15) is 29.8 Å². The van der Waals surface area contributed by atoms with Crippen molar-refractivity contribution in [1.29, 1.82) is 0 Å². The molecule has 0 radical (unpaired) electrons. The lowest BCUT2D eigenvalue weighted by Gasteiger charge is -2.23. The van der Waals surface area contributed by atoms with E-state index in [0.717, 1.165) is 41.9 Å². The second kappa shape index (κ2) is 18.1. The highest BCUT2D eigenvalue weighted by atomic mass is 35.5. The summed E-state index contributed by atoms with van der Waals surface area (Å²) >= 11 is 0. The lowest BCUT2D eigenvalue weighted by atomic mass is 9.89. The molecule has 1 aliphatic carbocycles. The Bertz CT molecular complexity index is 1320. The predicted molar refractivity (Wildman–Crippen MR) is 177 cm³/mol. The number of hydrogen-bond acceptors (Lipinski definition) is 6. The van der Waals surface area contributed by atoms with Crippen LogP contribution >= 0.6 is 12.4 Å². The molecule has 4 rings (SSSR count). The van der Waals surface area contributed by atoms with Crippen molar-refractivity contribution in [3.63, 3.8) is 0 Å². The van der Waals surface area contributed by atoms with Crippen molar-refractivity contribution in [2.75, 3.05) is 19.7 Å². The predicted octanol–water partition coefficient (Wildman–Crippen LogP) is 5.66. The molecule has 0 bridgehead atoms. The third-order valence-corrected chi connectivity index (χ3v) is 7.79. The molecule has 1 amide bonds. The van der Waals surface area contributed by atoms with Gasteiger partial charge in [-0.05, 0) is 56.1 Å². The first-order valence-electron chi connectivity index (χ1n) is 15.6. The summed E-state index contributed by atoms with van der Waals surface area (Å²) in [6.45, 7) is 6.37. The maximum atomic E-state index is 13.3. The van der Waals surface area contributed by atoms with E-state index in [1.54, 1.807) is 10.9 Å². The van der Waals surface area contributed by atoms with E-state index in [0.29, 0.717) is 50.1 Å². The molecule has 1 heterocycles. The highest BCUT2D eigenvalue weighted by Gasteiger charge is 2.24. The summed E-state index contributed by atoms with van der Waals surface area (Å²) in [6, 6.07) is 15.4. The first kappa shape index (κ1) is 34.7.